The van der Waals surface area contributed by atoms with Gasteiger partial charge in [0.1, 0.15) is 0 Å². The first-order valence-electron chi connectivity index (χ1n) is 5.42. The third-order valence-electron chi connectivity index (χ3n) is 3.33. The predicted molar refractivity (Wildman–Crippen MR) is 59.1 cm³/mol. The molecule has 2 aliphatic rings. The van der Waals surface area contributed by atoms with Crippen LogP contribution in [0.4, 0.5) is 0 Å². The number of nitrogens with two attached hydrogens (primary N) is 1. The molecule has 0 radical (unpaired) electrons. The Morgan fingerprint density at radius 1 is 1.31 bits per heavy atom. The topological polar surface area (TPSA) is 29.3 Å². The fraction of sp³-hybridized carbons (Fsp3) is 1.00. The molecule has 3 heteroatoms. The van der Waals surface area contributed by atoms with Crippen LogP contribution < -0.4 is 5.73 Å². The Hall–Kier alpha value is 0.270. The summed E-state index contributed by atoms with van der Waals surface area (Å²) in [6.45, 7) is 3.65. The Morgan fingerprint density at radius 3 is 2.54 bits per heavy atom. The van der Waals surface area contributed by atoms with Gasteiger partial charge in [-0.15, -0.1) is 0 Å². The molecule has 1 aliphatic carbocycles. The molecule has 1 aliphatic heterocycles. The molecule has 1 saturated carbocycles. The van der Waals surface area contributed by atoms with Crippen molar-refractivity contribution < 1.29 is 0 Å². The lowest BCUT2D eigenvalue weighted by molar-refractivity contribution is 0.195. The molecule has 0 aromatic rings. The average molecular weight is 200 g/mol. The largest absolute Gasteiger partial charge is 0.326 e. The lowest BCUT2D eigenvalue weighted by atomic mass is 9.80. The molecule has 0 amide bonds. The van der Waals surface area contributed by atoms with Crippen molar-refractivity contribution in [2.45, 2.75) is 25.3 Å². The van der Waals surface area contributed by atoms with Crippen LogP contribution in [-0.2, 0) is 0 Å². The van der Waals surface area contributed by atoms with Crippen LogP contribution in [0.25, 0.3) is 0 Å². The molecule has 0 bridgehead atoms. The first-order valence-corrected chi connectivity index (χ1v) is 6.57. The van der Waals surface area contributed by atoms with Gasteiger partial charge in [-0.05, 0) is 18.8 Å². The molecule has 0 spiro atoms. The van der Waals surface area contributed by atoms with Gasteiger partial charge in [0.15, 0.2) is 0 Å². The van der Waals surface area contributed by atoms with Crippen molar-refractivity contribution in [2.24, 2.45) is 11.7 Å². The SMILES string of the molecule is NC(CN1CCSCC1)C1CCC1. The third kappa shape index (κ3) is 2.61. The van der Waals surface area contributed by atoms with E-state index in [1.54, 1.807) is 0 Å². The normalized spacial score (nSPS) is 28.4. The molecule has 2 nitrogen and oxygen atoms in total. The summed E-state index contributed by atoms with van der Waals surface area (Å²) in [5.41, 5.74) is 6.16. The summed E-state index contributed by atoms with van der Waals surface area (Å²) < 4.78 is 0. The maximum atomic E-state index is 6.16. The average Bonchev–Trinajstić information content (AvgIpc) is 2.02. The fourth-order valence-electron chi connectivity index (χ4n) is 2.10. The second kappa shape index (κ2) is 4.67. The molecule has 76 valence electrons. The van der Waals surface area contributed by atoms with E-state index in [2.05, 4.69) is 16.7 Å². The maximum absolute atomic E-state index is 6.16. The van der Waals surface area contributed by atoms with Crippen molar-refractivity contribution in [1.82, 2.24) is 4.90 Å². The van der Waals surface area contributed by atoms with E-state index < -0.39 is 0 Å². The van der Waals surface area contributed by atoms with E-state index >= 15 is 0 Å². The number of nitrogens with zero attached hydrogens (tertiary/aromatic N) is 1. The van der Waals surface area contributed by atoms with Crippen molar-refractivity contribution in [1.29, 1.82) is 0 Å². The van der Waals surface area contributed by atoms with Crippen molar-refractivity contribution >= 4 is 11.8 Å². The van der Waals surface area contributed by atoms with E-state index in [0.717, 1.165) is 12.5 Å². The van der Waals surface area contributed by atoms with Gasteiger partial charge < -0.3 is 10.6 Å². The van der Waals surface area contributed by atoms with Crippen molar-refractivity contribution in [3.05, 3.63) is 0 Å². The van der Waals surface area contributed by atoms with Crippen molar-refractivity contribution in [2.75, 3.05) is 31.1 Å². The molecule has 2 rings (SSSR count). The second-order valence-electron chi connectivity index (χ2n) is 4.27. The molecule has 0 aromatic carbocycles. The zero-order valence-corrected chi connectivity index (χ0v) is 9.06. The Balaban J connectivity index is 1.69. The lowest BCUT2D eigenvalue weighted by Crippen LogP contribution is -2.46. The molecule has 1 atom stereocenters. The van der Waals surface area contributed by atoms with Gasteiger partial charge in [-0.2, -0.15) is 11.8 Å². The first kappa shape index (κ1) is 9.81. The Labute approximate surface area is 85.2 Å². The number of rotatable bonds is 3. The van der Waals surface area contributed by atoms with Crippen LogP contribution in [0, 0.1) is 5.92 Å². The van der Waals surface area contributed by atoms with E-state index in [1.807, 2.05) is 0 Å². The molecule has 1 heterocycles. The molecule has 1 saturated heterocycles. The Kier molecular flexibility index (Phi) is 3.52. The highest BCUT2D eigenvalue weighted by Gasteiger charge is 2.26. The zero-order valence-electron chi connectivity index (χ0n) is 8.24. The molecule has 2 fully saturated rings. The summed E-state index contributed by atoms with van der Waals surface area (Å²) in [6.07, 6.45) is 4.17. The van der Waals surface area contributed by atoms with Crippen LogP contribution in [0.2, 0.25) is 0 Å². The number of hydrogen-bond donors (Lipinski definition) is 1. The van der Waals surface area contributed by atoms with Crippen LogP contribution in [0.1, 0.15) is 19.3 Å². The summed E-state index contributed by atoms with van der Waals surface area (Å²) in [4.78, 5) is 2.54. The minimum absolute atomic E-state index is 0.455. The van der Waals surface area contributed by atoms with Crippen molar-refractivity contribution in [3.63, 3.8) is 0 Å². The highest BCUT2D eigenvalue weighted by atomic mass is 32.2. The van der Waals surface area contributed by atoms with Gasteiger partial charge in [0.05, 0.1) is 0 Å². The van der Waals surface area contributed by atoms with Crippen LogP contribution in [0.15, 0.2) is 0 Å². The molecule has 0 aromatic heterocycles. The quantitative estimate of drug-likeness (QED) is 0.741. The minimum Gasteiger partial charge on any atom is -0.326 e. The standard InChI is InChI=1S/C10H20N2S/c11-10(9-2-1-3-9)8-12-4-6-13-7-5-12/h9-10H,1-8,11H2. The van der Waals surface area contributed by atoms with Crippen LogP contribution >= 0.6 is 11.8 Å². The van der Waals surface area contributed by atoms with Gasteiger partial charge in [0.2, 0.25) is 0 Å². The van der Waals surface area contributed by atoms with Crippen LogP contribution in [0.5, 0.6) is 0 Å². The summed E-state index contributed by atoms with van der Waals surface area (Å²) in [5.74, 6) is 3.45. The van der Waals surface area contributed by atoms with Gasteiger partial charge in [-0.3, -0.25) is 0 Å². The number of hydrogen-bond acceptors (Lipinski definition) is 3. The summed E-state index contributed by atoms with van der Waals surface area (Å²) >= 11 is 2.07. The summed E-state index contributed by atoms with van der Waals surface area (Å²) in [6, 6.07) is 0.455. The van der Waals surface area contributed by atoms with Gasteiger partial charge >= 0.3 is 0 Å². The Morgan fingerprint density at radius 2 is 2.00 bits per heavy atom. The van der Waals surface area contributed by atoms with E-state index in [4.69, 9.17) is 5.73 Å². The number of thioether (sulfide) groups is 1. The second-order valence-corrected chi connectivity index (χ2v) is 5.49. The third-order valence-corrected chi connectivity index (χ3v) is 4.27. The fourth-order valence-corrected chi connectivity index (χ4v) is 3.08. The molecular weight excluding hydrogens is 180 g/mol. The van der Waals surface area contributed by atoms with Gasteiger partial charge in [-0.25, -0.2) is 0 Å². The highest BCUT2D eigenvalue weighted by molar-refractivity contribution is 7.99. The molecular formula is C10H20N2S. The van der Waals surface area contributed by atoms with E-state index in [0.29, 0.717) is 6.04 Å². The van der Waals surface area contributed by atoms with E-state index in [-0.39, 0.29) is 0 Å². The van der Waals surface area contributed by atoms with Gasteiger partial charge in [0.25, 0.3) is 0 Å². The predicted octanol–water partition coefficient (Wildman–Crippen LogP) is 1.16. The van der Waals surface area contributed by atoms with Crippen molar-refractivity contribution in [3.8, 4) is 0 Å². The summed E-state index contributed by atoms with van der Waals surface area (Å²) in [7, 11) is 0. The van der Waals surface area contributed by atoms with Crippen LogP contribution in [0.3, 0.4) is 0 Å². The van der Waals surface area contributed by atoms with E-state index in [1.165, 1.54) is 43.9 Å². The molecule has 13 heavy (non-hydrogen) atoms. The first-order chi connectivity index (χ1) is 6.36. The highest BCUT2D eigenvalue weighted by Crippen LogP contribution is 2.29. The minimum atomic E-state index is 0.455. The summed E-state index contributed by atoms with van der Waals surface area (Å²) in [5, 5.41) is 0. The molecule has 1 unspecified atom stereocenters. The van der Waals surface area contributed by atoms with Gasteiger partial charge in [0, 0.05) is 37.2 Å². The van der Waals surface area contributed by atoms with Gasteiger partial charge in [-0.1, -0.05) is 6.42 Å². The van der Waals surface area contributed by atoms with Crippen LogP contribution in [-0.4, -0.2) is 42.1 Å². The zero-order chi connectivity index (χ0) is 9.10. The lowest BCUT2D eigenvalue weighted by Gasteiger charge is -2.36. The maximum Gasteiger partial charge on any atom is 0.0196 e. The smallest absolute Gasteiger partial charge is 0.0196 e. The molecule has 2 N–H and O–H groups in total. The Bertz CT molecular complexity index is 153. The van der Waals surface area contributed by atoms with E-state index in [9.17, 15) is 0 Å². The monoisotopic (exact) mass is 200 g/mol.